The van der Waals surface area contributed by atoms with Crippen LogP contribution in [0.15, 0.2) is 16.9 Å². The first-order chi connectivity index (χ1) is 8.17. The zero-order valence-electron chi connectivity index (χ0n) is 11.1. The lowest BCUT2D eigenvalue weighted by molar-refractivity contribution is 0.432. The molecule has 96 valence electrons. The smallest absolute Gasteiger partial charge is 0.266 e. The summed E-state index contributed by atoms with van der Waals surface area (Å²) in [5.74, 6) is 0. The molecule has 0 amide bonds. The van der Waals surface area contributed by atoms with Crippen molar-refractivity contribution in [3.05, 3.63) is 28.2 Å². The van der Waals surface area contributed by atoms with Crippen molar-refractivity contribution in [3.63, 3.8) is 0 Å². The Balaban J connectivity index is 2.45. The molecule has 0 fully saturated rings. The zero-order valence-corrected chi connectivity index (χ0v) is 11.1. The number of rotatable bonds is 7. The SMILES string of the molecule is CCNC(CC)CCCn1nc(C)ccc1=O. The van der Waals surface area contributed by atoms with Crippen molar-refractivity contribution in [1.82, 2.24) is 15.1 Å². The third-order valence-corrected chi connectivity index (χ3v) is 2.91. The van der Waals surface area contributed by atoms with Crippen LogP contribution in [0.25, 0.3) is 0 Å². The molecule has 1 heterocycles. The van der Waals surface area contributed by atoms with E-state index in [0.717, 1.165) is 31.5 Å². The third-order valence-electron chi connectivity index (χ3n) is 2.91. The molecule has 0 aliphatic rings. The predicted molar refractivity (Wildman–Crippen MR) is 70.2 cm³/mol. The van der Waals surface area contributed by atoms with Crippen LogP contribution in [-0.4, -0.2) is 22.4 Å². The van der Waals surface area contributed by atoms with Crippen molar-refractivity contribution < 1.29 is 0 Å². The minimum atomic E-state index is -0.00732. The minimum Gasteiger partial charge on any atom is -0.314 e. The lowest BCUT2D eigenvalue weighted by atomic mass is 10.1. The van der Waals surface area contributed by atoms with E-state index in [4.69, 9.17) is 0 Å². The second-order valence-corrected chi connectivity index (χ2v) is 4.34. The lowest BCUT2D eigenvalue weighted by Crippen LogP contribution is -2.29. The molecule has 0 saturated heterocycles. The number of aryl methyl sites for hydroxylation is 2. The molecule has 0 bridgehead atoms. The molecule has 1 aromatic rings. The quantitative estimate of drug-likeness (QED) is 0.785. The van der Waals surface area contributed by atoms with Crippen LogP contribution in [0.3, 0.4) is 0 Å². The highest BCUT2D eigenvalue weighted by atomic mass is 16.1. The van der Waals surface area contributed by atoms with E-state index in [2.05, 4.69) is 24.3 Å². The van der Waals surface area contributed by atoms with Gasteiger partial charge in [-0.25, -0.2) is 4.68 Å². The van der Waals surface area contributed by atoms with Gasteiger partial charge >= 0.3 is 0 Å². The molecule has 1 N–H and O–H groups in total. The first-order valence-corrected chi connectivity index (χ1v) is 6.45. The first kappa shape index (κ1) is 13.9. The maximum atomic E-state index is 11.5. The fourth-order valence-corrected chi connectivity index (χ4v) is 1.94. The van der Waals surface area contributed by atoms with Crippen LogP contribution in [-0.2, 0) is 6.54 Å². The Kier molecular flexibility index (Phi) is 5.91. The Morgan fingerprint density at radius 2 is 2.18 bits per heavy atom. The maximum absolute atomic E-state index is 11.5. The molecule has 0 radical (unpaired) electrons. The third kappa shape index (κ3) is 4.69. The van der Waals surface area contributed by atoms with E-state index in [0.29, 0.717) is 12.6 Å². The number of aromatic nitrogens is 2. The van der Waals surface area contributed by atoms with Gasteiger partial charge in [-0.15, -0.1) is 0 Å². The van der Waals surface area contributed by atoms with Crippen LogP contribution in [0.2, 0.25) is 0 Å². The van der Waals surface area contributed by atoms with Crippen molar-refractivity contribution in [2.75, 3.05) is 6.54 Å². The highest BCUT2D eigenvalue weighted by Gasteiger charge is 2.04. The molecule has 0 aliphatic carbocycles. The minimum absolute atomic E-state index is 0.00732. The van der Waals surface area contributed by atoms with Crippen LogP contribution < -0.4 is 10.9 Å². The molecule has 0 aliphatic heterocycles. The van der Waals surface area contributed by atoms with E-state index in [-0.39, 0.29) is 5.56 Å². The summed E-state index contributed by atoms with van der Waals surface area (Å²) >= 11 is 0. The molecule has 4 nitrogen and oxygen atoms in total. The monoisotopic (exact) mass is 237 g/mol. The van der Waals surface area contributed by atoms with E-state index in [1.807, 2.05) is 6.92 Å². The zero-order chi connectivity index (χ0) is 12.7. The second kappa shape index (κ2) is 7.22. The normalized spacial score (nSPS) is 12.6. The fraction of sp³-hybridized carbons (Fsp3) is 0.692. The molecule has 0 aromatic carbocycles. The van der Waals surface area contributed by atoms with Crippen LogP contribution in [0.1, 0.15) is 38.8 Å². The standard InChI is InChI=1S/C13H23N3O/c1-4-12(14-5-2)7-6-10-16-13(17)9-8-11(3)15-16/h8-9,12,14H,4-7,10H2,1-3H3. The van der Waals surface area contributed by atoms with Gasteiger partial charge in [-0.1, -0.05) is 13.8 Å². The van der Waals surface area contributed by atoms with Crippen LogP contribution >= 0.6 is 0 Å². The Morgan fingerprint density at radius 1 is 1.41 bits per heavy atom. The molecule has 4 heteroatoms. The molecule has 1 unspecified atom stereocenters. The largest absolute Gasteiger partial charge is 0.314 e. The van der Waals surface area contributed by atoms with Crippen molar-refractivity contribution >= 4 is 0 Å². The van der Waals surface area contributed by atoms with Crippen LogP contribution in [0, 0.1) is 6.92 Å². The van der Waals surface area contributed by atoms with Gasteiger partial charge in [0, 0.05) is 18.7 Å². The molecule has 1 rings (SSSR count). The summed E-state index contributed by atoms with van der Waals surface area (Å²) in [5, 5.41) is 7.66. The average molecular weight is 237 g/mol. The molecule has 17 heavy (non-hydrogen) atoms. The highest BCUT2D eigenvalue weighted by Crippen LogP contribution is 2.02. The summed E-state index contributed by atoms with van der Waals surface area (Å²) in [6.07, 6.45) is 3.21. The maximum Gasteiger partial charge on any atom is 0.266 e. The van der Waals surface area contributed by atoms with Gasteiger partial charge in [0.15, 0.2) is 0 Å². The molecule has 0 spiro atoms. The molecular weight excluding hydrogens is 214 g/mol. The topological polar surface area (TPSA) is 46.9 Å². The lowest BCUT2D eigenvalue weighted by Gasteiger charge is -2.15. The van der Waals surface area contributed by atoms with E-state index in [1.54, 1.807) is 16.8 Å². The fourth-order valence-electron chi connectivity index (χ4n) is 1.94. The molecular formula is C13H23N3O. The van der Waals surface area contributed by atoms with Gasteiger partial charge in [-0.05, 0) is 38.8 Å². The van der Waals surface area contributed by atoms with Gasteiger partial charge in [0.25, 0.3) is 5.56 Å². The Bertz CT molecular complexity index is 386. The first-order valence-electron chi connectivity index (χ1n) is 6.45. The number of hydrogen-bond donors (Lipinski definition) is 1. The van der Waals surface area contributed by atoms with Crippen molar-refractivity contribution in [1.29, 1.82) is 0 Å². The van der Waals surface area contributed by atoms with E-state index >= 15 is 0 Å². The van der Waals surface area contributed by atoms with E-state index in [1.165, 1.54) is 0 Å². The van der Waals surface area contributed by atoms with Gasteiger partial charge in [0.05, 0.1) is 5.69 Å². The Labute approximate surface area is 103 Å². The van der Waals surface area contributed by atoms with E-state index < -0.39 is 0 Å². The summed E-state index contributed by atoms with van der Waals surface area (Å²) in [6.45, 7) is 7.92. The van der Waals surface area contributed by atoms with Crippen molar-refractivity contribution in [2.24, 2.45) is 0 Å². The molecule has 1 atom stereocenters. The van der Waals surface area contributed by atoms with Gasteiger partial charge in [-0.2, -0.15) is 5.10 Å². The van der Waals surface area contributed by atoms with Crippen molar-refractivity contribution in [2.45, 2.75) is 52.6 Å². The molecule has 0 saturated carbocycles. The van der Waals surface area contributed by atoms with Gasteiger partial charge in [0.2, 0.25) is 0 Å². The van der Waals surface area contributed by atoms with Crippen LogP contribution in [0.5, 0.6) is 0 Å². The Morgan fingerprint density at radius 3 is 2.82 bits per heavy atom. The second-order valence-electron chi connectivity index (χ2n) is 4.34. The van der Waals surface area contributed by atoms with Crippen molar-refractivity contribution in [3.8, 4) is 0 Å². The highest BCUT2D eigenvalue weighted by molar-refractivity contribution is 4.96. The Hall–Kier alpha value is -1.16. The van der Waals surface area contributed by atoms with Crippen LogP contribution in [0.4, 0.5) is 0 Å². The summed E-state index contributed by atoms with van der Waals surface area (Å²) in [5.41, 5.74) is 0.885. The van der Waals surface area contributed by atoms with Gasteiger partial charge in [0.1, 0.15) is 0 Å². The summed E-state index contributed by atoms with van der Waals surface area (Å²) < 4.78 is 1.56. The van der Waals surface area contributed by atoms with E-state index in [9.17, 15) is 4.79 Å². The number of nitrogens with one attached hydrogen (secondary N) is 1. The summed E-state index contributed by atoms with van der Waals surface area (Å²) in [4.78, 5) is 11.5. The predicted octanol–water partition coefficient (Wildman–Crippen LogP) is 1.72. The van der Waals surface area contributed by atoms with Gasteiger partial charge < -0.3 is 5.32 Å². The molecule has 1 aromatic heterocycles. The summed E-state index contributed by atoms with van der Waals surface area (Å²) in [6, 6.07) is 3.90. The van der Waals surface area contributed by atoms with Gasteiger partial charge in [-0.3, -0.25) is 4.79 Å². The summed E-state index contributed by atoms with van der Waals surface area (Å²) in [7, 11) is 0. The number of nitrogens with zero attached hydrogens (tertiary/aromatic N) is 2. The number of hydrogen-bond acceptors (Lipinski definition) is 3. The average Bonchev–Trinajstić information content (AvgIpc) is 2.32.